The molecular weight excluding hydrogens is 420 g/mol. The Morgan fingerprint density at radius 3 is 2.16 bits per heavy atom. The maximum Gasteiger partial charge on any atom is 0.269 e. The maximum atomic E-state index is 6.40. The zero-order valence-corrected chi connectivity index (χ0v) is 21.1. The molecule has 2 aliphatic carbocycles. The molecule has 4 nitrogen and oxygen atoms in total. The van der Waals surface area contributed by atoms with Crippen LogP contribution in [0.1, 0.15) is 83.1 Å². The lowest BCUT2D eigenvalue weighted by Crippen LogP contribution is -2.46. The number of benzene rings is 1. The van der Waals surface area contributed by atoms with Crippen molar-refractivity contribution in [3.05, 3.63) is 47.5 Å². The van der Waals surface area contributed by atoms with E-state index in [0.717, 1.165) is 38.0 Å². The van der Waals surface area contributed by atoms with Crippen LogP contribution in [0.15, 0.2) is 36.4 Å². The molecule has 2 aliphatic heterocycles. The van der Waals surface area contributed by atoms with Gasteiger partial charge in [-0.05, 0) is 60.3 Å². The number of piperazine rings is 1. The van der Waals surface area contributed by atoms with Crippen molar-refractivity contribution in [2.75, 3.05) is 32.7 Å². The highest BCUT2D eigenvalue weighted by atomic mass is 35.5. The molecule has 0 radical (unpaired) electrons. The van der Waals surface area contributed by atoms with Crippen LogP contribution in [0.2, 0.25) is 0 Å². The highest BCUT2D eigenvalue weighted by Crippen LogP contribution is 2.53. The summed E-state index contributed by atoms with van der Waals surface area (Å²) in [5.74, 6) is 2.43. The highest BCUT2D eigenvalue weighted by molar-refractivity contribution is 5.85. The molecule has 1 saturated heterocycles. The predicted octanol–water partition coefficient (Wildman–Crippen LogP) is 6.30. The minimum Gasteiger partial charge on any atom is -0.453 e. The SMILES string of the molecule is CC1(C)CC(c2ccccc2C2OC=C(N3CCN(CC4CC4)CC3)O2)CC(C)(C)C1.Cl. The van der Waals surface area contributed by atoms with Crippen molar-refractivity contribution >= 4 is 12.4 Å². The summed E-state index contributed by atoms with van der Waals surface area (Å²) in [7, 11) is 0. The van der Waals surface area contributed by atoms with E-state index in [0.29, 0.717) is 16.7 Å². The Kier molecular flexibility index (Phi) is 6.76. The summed E-state index contributed by atoms with van der Waals surface area (Å²) < 4.78 is 12.5. The van der Waals surface area contributed by atoms with Crippen molar-refractivity contribution in [1.29, 1.82) is 0 Å². The van der Waals surface area contributed by atoms with Crippen molar-refractivity contribution in [1.82, 2.24) is 9.80 Å². The van der Waals surface area contributed by atoms with Gasteiger partial charge in [0.2, 0.25) is 5.88 Å². The van der Waals surface area contributed by atoms with E-state index in [1.54, 1.807) is 0 Å². The first-order valence-electron chi connectivity index (χ1n) is 12.4. The van der Waals surface area contributed by atoms with E-state index in [1.807, 2.05) is 6.26 Å². The van der Waals surface area contributed by atoms with Gasteiger partial charge in [0, 0.05) is 38.3 Å². The van der Waals surface area contributed by atoms with E-state index in [2.05, 4.69) is 61.8 Å². The van der Waals surface area contributed by atoms with Crippen LogP contribution in [-0.2, 0) is 9.47 Å². The van der Waals surface area contributed by atoms with Crippen LogP contribution in [0.4, 0.5) is 0 Å². The summed E-state index contributed by atoms with van der Waals surface area (Å²) >= 11 is 0. The molecule has 1 unspecified atom stereocenters. The Labute approximate surface area is 200 Å². The molecule has 1 aromatic rings. The summed E-state index contributed by atoms with van der Waals surface area (Å²) in [4.78, 5) is 4.97. The lowest BCUT2D eigenvalue weighted by Gasteiger charge is -2.45. The molecule has 4 aliphatic rings. The van der Waals surface area contributed by atoms with Gasteiger partial charge in [-0.25, -0.2) is 0 Å². The molecule has 32 heavy (non-hydrogen) atoms. The lowest BCUT2D eigenvalue weighted by atomic mass is 9.60. The highest BCUT2D eigenvalue weighted by Gasteiger charge is 2.40. The molecule has 1 atom stereocenters. The van der Waals surface area contributed by atoms with Gasteiger partial charge in [0.15, 0.2) is 0 Å². The van der Waals surface area contributed by atoms with Gasteiger partial charge in [-0.1, -0.05) is 52.0 Å². The fourth-order valence-corrected chi connectivity index (χ4v) is 6.55. The van der Waals surface area contributed by atoms with Crippen LogP contribution in [0.3, 0.4) is 0 Å². The topological polar surface area (TPSA) is 24.9 Å². The molecular formula is C27H41ClN2O2. The standard InChI is InChI=1S/C27H40N2O2.ClH/c1-26(2)15-21(16-27(3,4)19-26)22-7-5-6-8-23(22)25-30-18-24(31-25)29-13-11-28(12-14-29)17-20-9-10-20;/h5-8,18,20-21,25H,9-17,19H2,1-4H3;1H. The molecule has 0 spiro atoms. The first-order chi connectivity index (χ1) is 14.8. The number of halogens is 1. The zero-order valence-electron chi connectivity index (χ0n) is 20.3. The summed E-state index contributed by atoms with van der Waals surface area (Å²) in [6, 6.07) is 8.81. The second-order valence-electron chi connectivity index (χ2n) is 12.0. The first kappa shape index (κ1) is 23.8. The minimum absolute atomic E-state index is 0. The van der Waals surface area contributed by atoms with Gasteiger partial charge in [0.25, 0.3) is 6.29 Å². The Bertz CT molecular complexity index is 809. The molecule has 5 heteroatoms. The number of hydrogen-bond donors (Lipinski definition) is 0. The Morgan fingerprint density at radius 2 is 1.53 bits per heavy atom. The van der Waals surface area contributed by atoms with Gasteiger partial charge in [-0.3, -0.25) is 4.90 Å². The monoisotopic (exact) mass is 460 g/mol. The molecule has 1 aromatic carbocycles. The van der Waals surface area contributed by atoms with Gasteiger partial charge in [0.1, 0.15) is 6.26 Å². The van der Waals surface area contributed by atoms with Crippen LogP contribution in [0.25, 0.3) is 0 Å². The minimum atomic E-state index is -0.316. The zero-order chi connectivity index (χ0) is 21.6. The van der Waals surface area contributed by atoms with Gasteiger partial charge in [-0.2, -0.15) is 0 Å². The Hall–Kier alpha value is -1.39. The number of hydrogen-bond acceptors (Lipinski definition) is 4. The average Bonchev–Trinajstić information content (AvgIpc) is 3.38. The van der Waals surface area contributed by atoms with Crippen molar-refractivity contribution in [3.63, 3.8) is 0 Å². The summed E-state index contributed by atoms with van der Waals surface area (Å²) in [6.07, 6.45) is 8.13. The Balaban J connectivity index is 0.00000245. The predicted molar refractivity (Wildman–Crippen MR) is 132 cm³/mol. The van der Waals surface area contributed by atoms with Crippen molar-refractivity contribution in [2.45, 2.75) is 72.0 Å². The van der Waals surface area contributed by atoms with E-state index in [-0.39, 0.29) is 18.7 Å². The van der Waals surface area contributed by atoms with Crippen LogP contribution in [-0.4, -0.2) is 42.5 Å². The summed E-state index contributed by atoms with van der Waals surface area (Å²) in [5.41, 5.74) is 3.35. The van der Waals surface area contributed by atoms with E-state index in [4.69, 9.17) is 9.47 Å². The Morgan fingerprint density at radius 1 is 0.906 bits per heavy atom. The fraction of sp³-hybridized carbons (Fsp3) is 0.704. The van der Waals surface area contributed by atoms with Crippen molar-refractivity contribution in [3.8, 4) is 0 Å². The van der Waals surface area contributed by atoms with E-state index in [1.165, 1.54) is 49.8 Å². The van der Waals surface area contributed by atoms with E-state index < -0.39 is 0 Å². The fourth-order valence-electron chi connectivity index (χ4n) is 6.55. The third kappa shape index (κ3) is 5.39. The van der Waals surface area contributed by atoms with E-state index in [9.17, 15) is 0 Å². The molecule has 3 fully saturated rings. The third-order valence-electron chi connectivity index (χ3n) is 7.66. The normalized spacial score (nSPS) is 27.8. The summed E-state index contributed by atoms with van der Waals surface area (Å²) in [6.45, 7) is 15.3. The van der Waals surface area contributed by atoms with Gasteiger partial charge < -0.3 is 14.4 Å². The van der Waals surface area contributed by atoms with Crippen molar-refractivity contribution in [2.24, 2.45) is 16.7 Å². The van der Waals surface area contributed by atoms with E-state index >= 15 is 0 Å². The molecule has 2 saturated carbocycles. The van der Waals surface area contributed by atoms with Crippen LogP contribution >= 0.6 is 12.4 Å². The number of ether oxygens (including phenoxy) is 2. The maximum absolute atomic E-state index is 6.40. The molecule has 0 amide bonds. The molecule has 0 bridgehead atoms. The van der Waals surface area contributed by atoms with Crippen molar-refractivity contribution < 1.29 is 9.47 Å². The second-order valence-corrected chi connectivity index (χ2v) is 12.0. The van der Waals surface area contributed by atoms with Crippen LogP contribution in [0, 0.1) is 16.7 Å². The summed E-state index contributed by atoms with van der Waals surface area (Å²) in [5, 5.41) is 0. The second kappa shape index (κ2) is 9.10. The molecule has 178 valence electrons. The van der Waals surface area contributed by atoms with Gasteiger partial charge >= 0.3 is 0 Å². The van der Waals surface area contributed by atoms with Gasteiger partial charge in [0.05, 0.1) is 0 Å². The molecule has 2 heterocycles. The molecule has 0 N–H and O–H groups in total. The smallest absolute Gasteiger partial charge is 0.269 e. The number of nitrogens with zero attached hydrogens (tertiary/aromatic N) is 2. The van der Waals surface area contributed by atoms with Gasteiger partial charge in [-0.15, -0.1) is 12.4 Å². The quantitative estimate of drug-likeness (QED) is 0.514. The average molecular weight is 461 g/mol. The van der Waals surface area contributed by atoms with Crippen LogP contribution in [0.5, 0.6) is 0 Å². The molecule has 0 aromatic heterocycles. The molecule has 5 rings (SSSR count). The number of rotatable bonds is 5. The first-order valence-corrected chi connectivity index (χ1v) is 12.4. The largest absolute Gasteiger partial charge is 0.453 e. The third-order valence-corrected chi connectivity index (χ3v) is 7.66. The lowest BCUT2D eigenvalue weighted by molar-refractivity contribution is -0.0574. The van der Waals surface area contributed by atoms with Crippen LogP contribution < -0.4 is 0 Å².